The number of nitrogens with one attached hydrogen (secondary N) is 4. The topological polar surface area (TPSA) is 158 Å². The van der Waals surface area contributed by atoms with Gasteiger partial charge in [0.1, 0.15) is 0 Å². The van der Waals surface area contributed by atoms with Crippen molar-refractivity contribution in [3.8, 4) is 0 Å². The Bertz CT molecular complexity index is 930. The number of ether oxygens (including phenoxy) is 2. The van der Waals surface area contributed by atoms with Crippen molar-refractivity contribution < 1.29 is 33.4 Å². The molecule has 0 aromatic heterocycles. The number of nitrogens with zero attached hydrogens (tertiary/aromatic N) is 2. The molecule has 242 valence electrons. The molecular formula is C29H54N6O7. The van der Waals surface area contributed by atoms with Crippen LogP contribution in [0.25, 0.3) is 0 Å². The van der Waals surface area contributed by atoms with E-state index in [4.69, 9.17) is 9.47 Å². The molecule has 13 heteroatoms. The lowest BCUT2D eigenvalue weighted by Crippen LogP contribution is -2.56. The van der Waals surface area contributed by atoms with Crippen LogP contribution in [0.2, 0.25) is 0 Å². The molecule has 4 N–H and O–H groups in total. The molecule has 1 saturated heterocycles. The molecule has 1 aliphatic heterocycles. The van der Waals surface area contributed by atoms with Gasteiger partial charge in [-0.3, -0.25) is 24.0 Å². The van der Waals surface area contributed by atoms with Crippen LogP contribution in [0.4, 0.5) is 0 Å². The Labute approximate surface area is 251 Å². The van der Waals surface area contributed by atoms with E-state index in [-0.39, 0.29) is 61.0 Å². The van der Waals surface area contributed by atoms with E-state index in [1.165, 1.54) is 21.3 Å². The first kappa shape index (κ1) is 37.3. The third-order valence-corrected chi connectivity index (χ3v) is 8.60. The van der Waals surface area contributed by atoms with Crippen LogP contribution < -0.4 is 21.3 Å². The van der Waals surface area contributed by atoms with Gasteiger partial charge in [-0.2, -0.15) is 0 Å². The highest BCUT2D eigenvalue weighted by Crippen LogP contribution is 2.29. The summed E-state index contributed by atoms with van der Waals surface area (Å²) in [6.07, 6.45) is 1.05. The Morgan fingerprint density at radius 2 is 1.67 bits per heavy atom. The van der Waals surface area contributed by atoms with Gasteiger partial charge >= 0.3 is 0 Å². The first-order valence-corrected chi connectivity index (χ1v) is 14.8. The Morgan fingerprint density at radius 1 is 1.02 bits per heavy atom. The standard InChI is InChI=1S/C29H54N6O7/c1-11-18(2)25(34(8)24(38)17-33-28(40)29(4,5)31-7)21(41-9)15-23(37)35-14-12-13-20(35)26(42-10)19(3)27(39)32-16-22(36)30-6/h18-21,25-26,31H,11-17H2,1-10H3,(H,30,36)(H,32,39)(H,33,40). The van der Waals surface area contributed by atoms with Gasteiger partial charge in [0.2, 0.25) is 29.5 Å². The fourth-order valence-electron chi connectivity index (χ4n) is 5.36. The van der Waals surface area contributed by atoms with Gasteiger partial charge in [-0.05, 0) is 39.7 Å². The number of rotatable bonds is 17. The number of likely N-dealkylation sites (tertiary alicyclic amines) is 1. The molecular weight excluding hydrogens is 544 g/mol. The minimum atomic E-state index is -0.828. The van der Waals surface area contributed by atoms with Gasteiger partial charge in [0, 0.05) is 34.9 Å². The molecule has 1 aliphatic rings. The number of hydrogen-bond acceptors (Lipinski definition) is 8. The van der Waals surface area contributed by atoms with E-state index in [1.54, 1.807) is 44.7 Å². The minimum Gasteiger partial charge on any atom is -0.379 e. The van der Waals surface area contributed by atoms with Crippen molar-refractivity contribution in [1.82, 2.24) is 31.1 Å². The Kier molecular flexibility index (Phi) is 15.4. The van der Waals surface area contributed by atoms with Crippen molar-refractivity contribution in [2.75, 3.05) is 55.0 Å². The summed E-state index contributed by atoms with van der Waals surface area (Å²) >= 11 is 0. The van der Waals surface area contributed by atoms with Crippen LogP contribution in [0, 0.1) is 11.8 Å². The summed E-state index contributed by atoms with van der Waals surface area (Å²) in [5.41, 5.74) is -0.828. The second-order valence-electron chi connectivity index (χ2n) is 11.6. The summed E-state index contributed by atoms with van der Waals surface area (Å²) in [4.78, 5) is 67.0. The summed E-state index contributed by atoms with van der Waals surface area (Å²) in [7, 11) is 7.89. The molecule has 1 rings (SSSR count). The maximum atomic E-state index is 13.7. The molecule has 13 nitrogen and oxygen atoms in total. The lowest BCUT2D eigenvalue weighted by atomic mass is 9.90. The number of carbonyl (C=O) groups excluding carboxylic acids is 5. The second kappa shape index (κ2) is 17.4. The Balaban J connectivity index is 3.05. The zero-order valence-electron chi connectivity index (χ0n) is 27.2. The first-order chi connectivity index (χ1) is 19.7. The molecule has 0 radical (unpaired) electrons. The molecule has 1 fully saturated rings. The van der Waals surface area contributed by atoms with Crippen LogP contribution in [0.3, 0.4) is 0 Å². The molecule has 0 bridgehead atoms. The van der Waals surface area contributed by atoms with Crippen LogP contribution in [0.5, 0.6) is 0 Å². The van der Waals surface area contributed by atoms with Crippen molar-refractivity contribution in [3.05, 3.63) is 0 Å². The van der Waals surface area contributed by atoms with Crippen molar-refractivity contribution in [2.45, 2.75) is 90.1 Å². The van der Waals surface area contributed by atoms with E-state index >= 15 is 0 Å². The normalized spacial score (nSPS) is 18.8. The minimum absolute atomic E-state index is 0.00582. The van der Waals surface area contributed by atoms with Crippen molar-refractivity contribution >= 4 is 29.5 Å². The molecule has 42 heavy (non-hydrogen) atoms. The van der Waals surface area contributed by atoms with E-state index in [0.29, 0.717) is 13.0 Å². The molecule has 5 amide bonds. The van der Waals surface area contributed by atoms with E-state index in [0.717, 1.165) is 12.8 Å². The lowest BCUT2D eigenvalue weighted by Gasteiger charge is -2.39. The number of hydrogen-bond donors (Lipinski definition) is 4. The summed E-state index contributed by atoms with van der Waals surface area (Å²) in [5.74, 6) is -1.97. The van der Waals surface area contributed by atoms with Crippen LogP contribution in [0.1, 0.15) is 60.3 Å². The first-order valence-electron chi connectivity index (χ1n) is 14.8. The van der Waals surface area contributed by atoms with E-state index < -0.39 is 29.7 Å². The number of carbonyl (C=O) groups is 5. The summed E-state index contributed by atoms with van der Waals surface area (Å²) in [5, 5.41) is 10.7. The third kappa shape index (κ3) is 9.91. The number of amides is 5. The molecule has 0 aromatic carbocycles. The largest absolute Gasteiger partial charge is 0.379 e. The zero-order valence-corrected chi connectivity index (χ0v) is 27.2. The fourth-order valence-corrected chi connectivity index (χ4v) is 5.36. The molecule has 1 heterocycles. The Morgan fingerprint density at radius 3 is 2.19 bits per heavy atom. The average molecular weight is 599 g/mol. The fraction of sp³-hybridized carbons (Fsp3) is 0.828. The van der Waals surface area contributed by atoms with Gasteiger partial charge < -0.3 is 40.5 Å². The van der Waals surface area contributed by atoms with Crippen molar-refractivity contribution in [2.24, 2.45) is 11.8 Å². The highest BCUT2D eigenvalue weighted by molar-refractivity contribution is 5.90. The monoisotopic (exact) mass is 598 g/mol. The van der Waals surface area contributed by atoms with Crippen LogP contribution in [-0.2, 0) is 33.4 Å². The molecule has 0 saturated carbocycles. The van der Waals surface area contributed by atoms with E-state index in [2.05, 4.69) is 21.3 Å². The predicted octanol–water partition coefficient (Wildman–Crippen LogP) is -0.117. The van der Waals surface area contributed by atoms with Crippen molar-refractivity contribution in [1.29, 1.82) is 0 Å². The van der Waals surface area contributed by atoms with E-state index in [9.17, 15) is 24.0 Å². The van der Waals surface area contributed by atoms with Crippen molar-refractivity contribution in [3.63, 3.8) is 0 Å². The molecule has 6 unspecified atom stereocenters. The third-order valence-electron chi connectivity index (χ3n) is 8.60. The summed E-state index contributed by atoms with van der Waals surface area (Å²) < 4.78 is 11.6. The molecule has 0 aromatic rings. The second-order valence-corrected chi connectivity index (χ2v) is 11.6. The van der Waals surface area contributed by atoms with Gasteiger partial charge in [-0.1, -0.05) is 27.2 Å². The number of methoxy groups -OCH3 is 2. The molecule has 0 spiro atoms. The summed E-state index contributed by atoms with van der Waals surface area (Å²) in [6.45, 7) is 9.39. The van der Waals surface area contributed by atoms with Crippen LogP contribution in [0.15, 0.2) is 0 Å². The van der Waals surface area contributed by atoms with Crippen LogP contribution >= 0.6 is 0 Å². The smallest absolute Gasteiger partial charge is 0.242 e. The van der Waals surface area contributed by atoms with Gasteiger partial charge in [-0.25, -0.2) is 0 Å². The van der Waals surface area contributed by atoms with Gasteiger partial charge in [0.05, 0.1) is 55.3 Å². The zero-order chi connectivity index (χ0) is 32.2. The predicted molar refractivity (Wildman–Crippen MR) is 159 cm³/mol. The molecule has 6 atom stereocenters. The summed E-state index contributed by atoms with van der Waals surface area (Å²) in [6, 6.07) is -0.743. The average Bonchev–Trinajstić information content (AvgIpc) is 3.47. The number of likely N-dealkylation sites (N-methyl/N-ethyl adjacent to an activating group) is 3. The van der Waals surface area contributed by atoms with Gasteiger partial charge in [0.15, 0.2) is 0 Å². The maximum absolute atomic E-state index is 13.7. The lowest BCUT2D eigenvalue weighted by molar-refractivity contribution is -0.146. The quantitative estimate of drug-likeness (QED) is 0.181. The highest BCUT2D eigenvalue weighted by Gasteiger charge is 2.42. The highest BCUT2D eigenvalue weighted by atomic mass is 16.5. The Hall–Kier alpha value is -2.77. The van der Waals surface area contributed by atoms with Gasteiger partial charge in [-0.15, -0.1) is 0 Å². The van der Waals surface area contributed by atoms with E-state index in [1.807, 2.05) is 13.8 Å². The SMILES string of the molecule is CCC(C)C(C(CC(=O)N1CCCC1C(OC)C(C)C(=O)NCC(=O)NC)OC)N(C)C(=O)CNC(=O)C(C)(C)NC. The molecule has 0 aliphatic carbocycles. The van der Waals surface area contributed by atoms with Crippen LogP contribution in [-0.4, -0.2) is 124 Å². The van der Waals surface area contributed by atoms with Gasteiger partial charge in [0.25, 0.3) is 0 Å². The maximum Gasteiger partial charge on any atom is 0.242 e.